The Kier molecular flexibility index (Phi) is 4.46. The van der Waals surface area contributed by atoms with E-state index in [1.807, 2.05) is 36.4 Å². The Labute approximate surface area is 172 Å². The maximum Gasteiger partial charge on any atom is 0.162 e. The zero-order valence-electron chi connectivity index (χ0n) is 15.4. The van der Waals surface area contributed by atoms with E-state index in [4.69, 9.17) is 11.6 Å². The average molecular weight is 401 g/mol. The summed E-state index contributed by atoms with van der Waals surface area (Å²) in [6.07, 6.45) is 1.50. The van der Waals surface area contributed by atoms with Gasteiger partial charge in [-0.05, 0) is 40.6 Å². The van der Waals surface area contributed by atoms with Gasteiger partial charge >= 0.3 is 0 Å². The van der Waals surface area contributed by atoms with Gasteiger partial charge in [-0.15, -0.1) is 0 Å². The molecule has 0 saturated carbocycles. The number of aromatic amines is 1. The molecule has 0 saturated heterocycles. The smallest absolute Gasteiger partial charge is 0.162 e. The highest BCUT2D eigenvalue weighted by molar-refractivity contribution is 6.30. The van der Waals surface area contributed by atoms with Gasteiger partial charge in [-0.25, -0.2) is 9.97 Å². The maximum atomic E-state index is 6.09. The maximum absolute atomic E-state index is 6.09. The Bertz CT molecular complexity index is 1310. The molecule has 0 aliphatic rings. The Morgan fingerprint density at radius 2 is 1.76 bits per heavy atom. The van der Waals surface area contributed by atoms with Crippen LogP contribution < -0.4 is 10.6 Å². The fraction of sp³-hybridized carbons (Fsp3) is 0.0455. The van der Waals surface area contributed by atoms with Crippen molar-refractivity contribution in [3.8, 4) is 0 Å². The molecule has 29 heavy (non-hydrogen) atoms. The molecule has 0 radical (unpaired) electrons. The molecule has 3 N–H and O–H groups in total. The van der Waals surface area contributed by atoms with Gasteiger partial charge in [-0.1, -0.05) is 54.1 Å². The molecule has 6 nitrogen and oxygen atoms in total. The van der Waals surface area contributed by atoms with Crippen LogP contribution in [-0.2, 0) is 6.54 Å². The molecule has 0 atom stereocenters. The molecule has 142 valence electrons. The highest BCUT2D eigenvalue weighted by atomic mass is 35.5. The van der Waals surface area contributed by atoms with Gasteiger partial charge in [0.05, 0.1) is 0 Å². The van der Waals surface area contributed by atoms with Crippen molar-refractivity contribution in [3.05, 3.63) is 83.6 Å². The predicted octanol–water partition coefficient (Wildman–Crippen LogP) is 5.52. The molecule has 0 bridgehead atoms. The van der Waals surface area contributed by atoms with E-state index in [0.717, 1.165) is 11.1 Å². The summed E-state index contributed by atoms with van der Waals surface area (Å²) in [6.45, 7) is 0.635. The van der Waals surface area contributed by atoms with Crippen molar-refractivity contribution in [1.82, 2.24) is 20.2 Å². The highest BCUT2D eigenvalue weighted by Crippen LogP contribution is 2.29. The SMILES string of the molecule is Clc1cccc(Nc2ncnc3[nH]nc(NCc4ccc5ccccc5c4)c23)c1. The third-order valence-electron chi connectivity index (χ3n) is 4.72. The first-order valence-corrected chi connectivity index (χ1v) is 9.57. The van der Waals surface area contributed by atoms with E-state index in [1.165, 1.54) is 22.7 Å². The molecular weight excluding hydrogens is 384 g/mol. The second-order valence-electron chi connectivity index (χ2n) is 6.69. The number of H-pyrrole nitrogens is 1. The number of fused-ring (bicyclic) bond motifs is 2. The molecule has 7 heteroatoms. The van der Waals surface area contributed by atoms with Gasteiger partial charge in [0.25, 0.3) is 0 Å². The van der Waals surface area contributed by atoms with Crippen LogP contribution in [0.25, 0.3) is 21.8 Å². The van der Waals surface area contributed by atoms with Gasteiger partial charge in [-0.3, -0.25) is 5.10 Å². The number of halogens is 1. The van der Waals surface area contributed by atoms with Crippen LogP contribution in [0.4, 0.5) is 17.3 Å². The van der Waals surface area contributed by atoms with Gasteiger partial charge in [0.2, 0.25) is 0 Å². The second-order valence-corrected chi connectivity index (χ2v) is 7.12. The van der Waals surface area contributed by atoms with E-state index in [2.05, 4.69) is 61.1 Å². The molecule has 5 aromatic rings. The van der Waals surface area contributed by atoms with Gasteiger partial charge in [-0.2, -0.15) is 5.10 Å². The van der Waals surface area contributed by atoms with Crippen molar-refractivity contribution in [2.45, 2.75) is 6.54 Å². The first kappa shape index (κ1) is 17.5. The average Bonchev–Trinajstić information content (AvgIpc) is 3.16. The van der Waals surface area contributed by atoms with E-state index < -0.39 is 0 Å². The number of nitrogens with one attached hydrogen (secondary N) is 3. The fourth-order valence-electron chi connectivity index (χ4n) is 3.32. The Morgan fingerprint density at radius 1 is 0.862 bits per heavy atom. The van der Waals surface area contributed by atoms with Crippen LogP contribution in [0, 0.1) is 0 Å². The van der Waals surface area contributed by atoms with Crippen molar-refractivity contribution in [2.24, 2.45) is 0 Å². The second kappa shape index (κ2) is 7.41. The molecule has 0 aliphatic heterocycles. The molecule has 2 aromatic heterocycles. The zero-order chi connectivity index (χ0) is 19.6. The number of aromatic nitrogens is 4. The Balaban J connectivity index is 1.43. The minimum atomic E-state index is 0.635. The van der Waals surface area contributed by atoms with Crippen molar-refractivity contribution in [1.29, 1.82) is 0 Å². The quantitative estimate of drug-likeness (QED) is 0.362. The summed E-state index contributed by atoms with van der Waals surface area (Å²) in [7, 11) is 0. The van der Waals surface area contributed by atoms with Crippen LogP contribution in [0.5, 0.6) is 0 Å². The van der Waals surface area contributed by atoms with E-state index in [-0.39, 0.29) is 0 Å². The number of nitrogens with zero attached hydrogens (tertiary/aromatic N) is 3. The molecule has 0 unspecified atom stereocenters. The van der Waals surface area contributed by atoms with E-state index in [1.54, 1.807) is 0 Å². The van der Waals surface area contributed by atoms with Gasteiger partial charge in [0, 0.05) is 17.3 Å². The number of hydrogen-bond acceptors (Lipinski definition) is 5. The van der Waals surface area contributed by atoms with Gasteiger partial charge < -0.3 is 10.6 Å². The van der Waals surface area contributed by atoms with E-state index >= 15 is 0 Å². The summed E-state index contributed by atoms with van der Waals surface area (Å²) in [5, 5.41) is 17.9. The summed E-state index contributed by atoms with van der Waals surface area (Å²) in [4.78, 5) is 8.68. The first-order valence-electron chi connectivity index (χ1n) is 9.19. The molecule has 0 amide bonds. The predicted molar refractivity (Wildman–Crippen MR) is 118 cm³/mol. The monoisotopic (exact) mass is 400 g/mol. The Hall–Kier alpha value is -3.64. The summed E-state index contributed by atoms with van der Waals surface area (Å²) in [6, 6.07) is 22.2. The molecule has 3 aromatic carbocycles. The number of anilines is 3. The first-order chi connectivity index (χ1) is 14.3. The van der Waals surface area contributed by atoms with Crippen LogP contribution in [0.3, 0.4) is 0 Å². The molecule has 2 heterocycles. The largest absolute Gasteiger partial charge is 0.364 e. The molecular formula is C22H17ClN6. The topological polar surface area (TPSA) is 78.5 Å². The summed E-state index contributed by atoms with van der Waals surface area (Å²) in [5.74, 6) is 1.35. The van der Waals surface area contributed by atoms with Crippen molar-refractivity contribution >= 4 is 50.7 Å². The minimum Gasteiger partial charge on any atom is -0.364 e. The van der Waals surface area contributed by atoms with Gasteiger partial charge in [0.15, 0.2) is 11.5 Å². The summed E-state index contributed by atoms with van der Waals surface area (Å²) >= 11 is 6.09. The zero-order valence-corrected chi connectivity index (χ0v) is 16.1. The Morgan fingerprint density at radius 3 is 2.66 bits per heavy atom. The van der Waals surface area contributed by atoms with Crippen LogP contribution in [-0.4, -0.2) is 20.2 Å². The molecule has 0 spiro atoms. The molecule has 0 aliphatic carbocycles. The highest BCUT2D eigenvalue weighted by Gasteiger charge is 2.13. The van der Waals surface area contributed by atoms with Crippen LogP contribution in [0.2, 0.25) is 5.02 Å². The third kappa shape index (κ3) is 3.58. The normalized spacial score (nSPS) is 11.1. The molecule has 5 rings (SSSR count). The van der Waals surface area contributed by atoms with Crippen molar-refractivity contribution in [2.75, 3.05) is 10.6 Å². The van der Waals surface area contributed by atoms with Crippen LogP contribution in [0.15, 0.2) is 73.1 Å². The third-order valence-corrected chi connectivity index (χ3v) is 4.95. The number of benzene rings is 3. The van der Waals surface area contributed by atoms with Crippen molar-refractivity contribution < 1.29 is 0 Å². The number of rotatable bonds is 5. The van der Waals surface area contributed by atoms with Crippen LogP contribution in [0.1, 0.15) is 5.56 Å². The lowest BCUT2D eigenvalue weighted by atomic mass is 10.1. The van der Waals surface area contributed by atoms with Crippen LogP contribution >= 0.6 is 11.6 Å². The lowest BCUT2D eigenvalue weighted by Crippen LogP contribution is -2.02. The lowest BCUT2D eigenvalue weighted by molar-refractivity contribution is 1.05. The summed E-state index contributed by atoms with van der Waals surface area (Å²) < 4.78 is 0. The lowest BCUT2D eigenvalue weighted by Gasteiger charge is -2.09. The molecule has 0 fully saturated rings. The van der Waals surface area contributed by atoms with E-state index in [0.29, 0.717) is 28.9 Å². The van der Waals surface area contributed by atoms with E-state index in [9.17, 15) is 0 Å². The summed E-state index contributed by atoms with van der Waals surface area (Å²) in [5.41, 5.74) is 2.67. The minimum absolute atomic E-state index is 0.635. The standard InChI is InChI=1S/C22H17ClN6/c23-17-6-3-7-18(11-17)27-20-19-21(28-29-22(19)26-13-25-20)24-12-14-8-9-15-4-1-2-5-16(15)10-14/h1-11,13H,12H2,(H3,24,25,26,27,28,29). The van der Waals surface area contributed by atoms with Crippen molar-refractivity contribution in [3.63, 3.8) is 0 Å². The number of hydrogen-bond donors (Lipinski definition) is 3. The fourth-order valence-corrected chi connectivity index (χ4v) is 3.51. The van der Waals surface area contributed by atoms with Gasteiger partial charge in [0.1, 0.15) is 17.5 Å².